The number of methoxy groups -OCH3 is 1. The molecule has 176 valence electrons. The first-order valence-corrected chi connectivity index (χ1v) is 10.9. The van der Waals surface area contributed by atoms with Crippen LogP contribution >= 0.6 is 0 Å². The summed E-state index contributed by atoms with van der Waals surface area (Å²) in [6.45, 7) is 0.384. The molecule has 1 aliphatic rings. The number of aryl methyl sites for hydroxylation is 2. The van der Waals surface area contributed by atoms with Crippen molar-refractivity contribution in [1.29, 1.82) is 0 Å². The van der Waals surface area contributed by atoms with Gasteiger partial charge in [-0.1, -0.05) is 12.1 Å². The number of ether oxygens (including phenoxy) is 1. The van der Waals surface area contributed by atoms with Gasteiger partial charge in [0.15, 0.2) is 5.82 Å². The number of carboxylic acid groups (broad SMARTS) is 1. The number of hydrogen-bond acceptors (Lipinski definition) is 6. The molecule has 10 heteroatoms. The summed E-state index contributed by atoms with van der Waals surface area (Å²) < 4.78 is 5.16. The summed E-state index contributed by atoms with van der Waals surface area (Å²) in [6, 6.07) is 5.98. The van der Waals surface area contributed by atoms with Crippen molar-refractivity contribution in [2.45, 2.75) is 50.6 Å². The predicted octanol–water partition coefficient (Wildman–Crippen LogP) is 1.36. The minimum absolute atomic E-state index is 0.159. The van der Waals surface area contributed by atoms with E-state index in [0.29, 0.717) is 32.1 Å². The molecule has 1 fully saturated rings. The number of rotatable bonds is 11. The summed E-state index contributed by atoms with van der Waals surface area (Å²) in [7, 11) is 1.63. The second-order valence-electron chi connectivity index (χ2n) is 7.96. The van der Waals surface area contributed by atoms with E-state index in [1.54, 1.807) is 13.3 Å². The number of amides is 2. The van der Waals surface area contributed by atoms with E-state index in [1.807, 2.05) is 24.3 Å². The number of aromatic amines is 1. The molecule has 0 radical (unpaired) electrons. The first kappa shape index (κ1) is 24.0. The van der Waals surface area contributed by atoms with Crippen LogP contribution in [-0.2, 0) is 27.2 Å². The molecule has 2 amide bonds. The number of aromatic nitrogens is 2. The van der Waals surface area contributed by atoms with E-state index in [1.165, 1.54) is 10.5 Å². The maximum Gasteiger partial charge on any atom is 0.305 e. The fourth-order valence-electron chi connectivity index (χ4n) is 3.89. The van der Waals surface area contributed by atoms with Crippen LogP contribution < -0.4 is 10.1 Å². The van der Waals surface area contributed by atoms with E-state index in [2.05, 4.69) is 15.3 Å². The largest absolute Gasteiger partial charge is 0.497 e. The standard InChI is InChI=1S/C23H28N4O6/c1-33-18-9-7-15(8-10-18)4-2-5-16-13-24-21(25-16)23(32)27-11-3-6-19(27)22(31)26-17(14-28)12-20(29)30/h7-10,13-14,17,19H,2-6,11-12H2,1H3,(H,24,25)(H,26,31)(H,29,30)/t17-,19-/m0/s1. The second-order valence-corrected chi connectivity index (χ2v) is 7.96. The fourth-order valence-corrected chi connectivity index (χ4v) is 3.89. The molecule has 0 saturated carbocycles. The van der Waals surface area contributed by atoms with Gasteiger partial charge in [0.2, 0.25) is 5.91 Å². The van der Waals surface area contributed by atoms with Crippen molar-refractivity contribution >= 4 is 24.1 Å². The molecular weight excluding hydrogens is 428 g/mol. The molecule has 2 aromatic rings. The van der Waals surface area contributed by atoms with Crippen LogP contribution in [0.4, 0.5) is 0 Å². The molecule has 0 bridgehead atoms. The topological polar surface area (TPSA) is 142 Å². The number of carbonyl (C=O) groups is 4. The molecule has 0 spiro atoms. The summed E-state index contributed by atoms with van der Waals surface area (Å²) in [5, 5.41) is 11.3. The third kappa shape index (κ3) is 6.41. The first-order chi connectivity index (χ1) is 15.9. The van der Waals surface area contributed by atoms with Crippen LogP contribution in [0.15, 0.2) is 30.5 Å². The van der Waals surface area contributed by atoms with E-state index >= 15 is 0 Å². The van der Waals surface area contributed by atoms with Crippen molar-refractivity contribution in [3.63, 3.8) is 0 Å². The van der Waals surface area contributed by atoms with Crippen molar-refractivity contribution in [3.8, 4) is 5.75 Å². The van der Waals surface area contributed by atoms with Crippen molar-refractivity contribution in [1.82, 2.24) is 20.2 Å². The molecule has 3 rings (SSSR count). The zero-order valence-electron chi connectivity index (χ0n) is 18.5. The number of imidazole rings is 1. The van der Waals surface area contributed by atoms with Crippen molar-refractivity contribution < 1.29 is 29.0 Å². The Kier molecular flexibility index (Phi) is 8.17. The molecule has 2 heterocycles. The van der Waals surface area contributed by atoms with Gasteiger partial charge < -0.3 is 29.8 Å². The molecule has 10 nitrogen and oxygen atoms in total. The molecule has 1 aromatic heterocycles. The monoisotopic (exact) mass is 456 g/mol. The van der Waals surface area contributed by atoms with Crippen LogP contribution in [-0.4, -0.2) is 69.8 Å². The highest BCUT2D eigenvalue weighted by molar-refractivity contribution is 5.96. The van der Waals surface area contributed by atoms with Crippen molar-refractivity contribution in [3.05, 3.63) is 47.5 Å². The molecule has 1 aromatic carbocycles. The molecule has 33 heavy (non-hydrogen) atoms. The second kappa shape index (κ2) is 11.3. The van der Waals surface area contributed by atoms with Gasteiger partial charge in [-0.05, 0) is 49.8 Å². The summed E-state index contributed by atoms with van der Waals surface area (Å²) >= 11 is 0. The van der Waals surface area contributed by atoms with Gasteiger partial charge in [-0.15, -0.1) is 0 Å². The van der Waals surface area contributed by atoms with E-state index in [9.17, 15) is 19.2 Å². The number of likely N-dealkylation sites (tertiary alicyclic amines) is 1. The molecule has 0 aliphatic carbocycles. The average Bonchev–Trinajstić information content (AvgIpc) is 3.48. The number of hydrogen-bond donors (Lipinski definition) is 3. The maximum atomic E-state index is 12.9. The number of H-pyrrole nitrogens is 1. The number of carbonyl (C=O) groups excluding carboxylic acids is 3. The Hall–Kier alpha value is -3.69. The maximum absolute atomic E-state index is 12.9. The average molecular weight is 456 g/mol. The van der Waals surface area contributed by atoms with E-state index in [4.69, 9.17) is 9.84 Å². The van der Waals surface area contributed by atoms with Crippen LogP contribution in [0.5, 0.6) is 5.75 Å². The van der Waals surface area contributed by atoms with Gasteiger partial charge in [-0.3, -0.25) is 14.4 Å². The lowest BCUT2D eigenvalue weighted by Crippen LogP contribution is -2.49. The van der Waals surface area contributed by atoms with Gasteiger partial charge in [0.25, 0.3) is 5.91 Å². The number of benzene rings is 1. The zero-order chi connectivity index (χ0) is 23.8. The number of nitrogens with zero attached hydrogens (tertiary/aromatic N) is 2. The zero-order valence-corrected chi connectivity index (χ0v) is 18.5. The highest BCUT2D eigenvalue weighted by atomic mass is 16.5. The highest BCUT2D eigenvalue weighted by Gasteiger charge is 2.36. The Morgan fingerprint density at radius 3 is 2.73 bits per heavy atom. The van der Waals surface area contributed by atoms with Crippen LogP contribution in [0.25, 0.3) is 0 Å². The molecule has 1 saturated heterocycles. The van der Waals surface area contributed by atoms with E-state index < -0.39 is 36.3 Å². The normalized spacial score (nSPS) is 16.3. The minimum atomic E-state index is -1.19. The third-order valence-corrected chi connectivity index (χ3v) is 5.60. The lowest BCUT2D eigenvalue weighted by Gasteiger charge is -2.24. The van der Waals surface area contributed by atoms with Crippen LogP contribution in [0.1, 0.15) is 47.6 Å². The SMILES string of the molecule is COc1ccc(CCCc2cnc(C(=O)N3CCC[C@H]3C(=O)N[C@H](C=O)CC(=O)O)[nH]2)cc1. The Labute approximate surface area is 191 Å². The first-order valence-electron chi connectivity index (χ1n) is 10.9. The molecule has 1 aliphatic heterocycles. The number of nitrogens with one attached hydrogen (secondary N) is 2. The lowest BCUT2D eigenvalue weighted by atomic mass is 10.1. The highest BCUT2D eigenvalue weighted by Crippen LogP contribution is 2.20. The molecule has 0 unspecified atom stereocenters. The van der Waals surface area contributed by atoms with E-state index in [0.717, 1.165) is 24.3 Å². The van der Waals surface area contributed by atoms with Crippen LogP contribution in [0.2, 0.25) is 0 Å². The molecule has 2 atom stereocenters. The quantitative estimate of drug-likeness (QED) is 0.433. The van der Waals surface area contributed by atoms with Gasteiger partial charge >= 0.3 is 5.97 Å². The van der Waals surface area contributed by atoms with E-state index in [-0.39, 0.29) is 5.82 Å². The summed E-state index contributed by atoms with van der Waals surface area (Å²) in [5.74, 6) is -1.15. The predicted molar refractivity (Wildman–Crippen MR) is 118 cm³/mol. The number of aliphatic carboxylic acids is 1. The fraction of sp³-hybridized carbons (Fsp3) is 0.435. The Morgan fingerprint density at radius 2 is 2.06 bits per heavy atom. The summed E-state index contributed by atoms with van der Waals surface area (Å²) in [6.07, 6.45) is 5.03. The summed E-state index contributed by atoms with van der Waals surface area (Å²) in [4.78, 5) is 56.0. The number of aldehydes is 1. The van der Waals surface area contributed by atoms with Crippen LogP contribution in [0, 0.1) is 0 Å². The van der Waals surface area contributed by atoms with Gasteiger partial charge in [-0.25, -0.2) is 4.98 Å². The Balaban J connectivity index is 1.55. The van der Waals surface area contributed by atoms with Gasteiger partial charge in [0.05, 0.1) is 19.6 Å². The van der Waals surface area contributed by atoms with Gasteiger partial charge in [0.1, 0.15) is 18.1 Å². The van der Waals surface area contributed by atoms with Gasteiger partial charge in [-0.2, -0.15) is 0 Å². The van der Waals surface area contributed by atoms with Crippen molar-refractivity contribution in [2.75, 3.05) is 13.7 Å². The smallest absolute Gasteiger partial charge is 0.305 e. The third-order valence-electron chi connectivity index (χ3n) is 5.60. The van der Waals surface area contributed by atoms with Crippen LogP contribution in [0.3, 0.4) is 0 Å². The molecular formula is C23H28N4O6. The van der Waals surface area contributed by atoms with Crippen molar-refractivity contribution in [2.24, 2.45) is 0 Å². The summed E-state index contributed by atoms with van der Waals surface area (Å²) in [5.41, 5.74) is 2.02. The Morgan fingerprint density at radius 1 is 1.30 bits per heavy atom. The Bertz CT molecular complexity index is 987. The minimum Gasteiger partial charge on any atom is -0.497 e. The number of carboxylic acids is 1. The molecule has 3 N–H and O–H groups in total. The lowest BCUT2D eigenvalue weighted by molar-refractivity contribution is -0.139. The van der Waals surface area contributed by atoms with Gasteiger partial charge in [0, 0.05) is 18.4 Å².